The molecule has 142 valence electrons. The van der Waals surface area contributed by atoms with Gasteiger partial charge in [-0.2, -0.15) is 0 Å². The molecule has 0 bridgehead atoms. The smallest absolute Gasteiger partial charge is 0.348 e. The van der Waals surface area contributed by atoms with Gasteiger partial charge < -0.3 is 15.8 Å². The van der Waals surface area contributed by atoms with Crippen molar-refractivity contribution in [3.05, 3.63) is 76.1 Å². The predicted octanol–water partition coefficient (Wildman–Crippen LogP) is 3.96. The van der Waals surface area contributed by atoms with Crippen LogP contribution < -0.4 is 11.1 Å². The molecule has 8 heteroatoms. The lowest BCUT2D eigenvalue weighted by Gasteiger charge is -2.06. The van der Waals surface area contributed by atoms with Gasteiger partial charge in [-0.3, -0.25) is 9.59 Å². The number of halogens is 1. The Morgan fingerprint density at radius 1 is 0.964 bits per heavy atom. The van der Waals surface area contributed by atoms with Crippen LogP contribution in [-0.4, -0.2) is 24.4 Å². The Morgan fingerprint density at radius 3 is 2.29 bits per heavy atom. The van der Waals surface area contributed by atoms with Gasteiger partial charge in [-0.15, -0.1) is 11.3 Å². The molecule has 0 spiro atoms. The van der Waals surface area contributed by atoms with E-state index in [4.69, 9.17) is 22.1 Å². The van der Waals surface area contributed by atoms with E-state index in [2.05, 4.69) is 5.32 Å². The molecule has 3 rings (SSSR count). The first kappa shape index (κ1) is 19.6. The summed E-state index contributed by atoms with van der Waals surface area (Å²) in [6, 6.07) is 16.8. The van der Waals surface area contributed by atoms with Gasteiger partial charge in [0.25, 0.3) is 5.91 Å². The summed E-state index contributed by atoms with van der Waals surface area (Å²) in [4.78, 5) is 36.4. The van der Waals surface area contributed by atoms with E-state index in [-0.39, 0.29) is 0 Å². The number of primary amides is 1. The van der Waals surface area contributed by atoms with E-state index in [0.29, 0.717) is 21.2 Å². The molecule has 2 amide bonds. The van der Waals surface area contributed by atoms with E-state index in [9.17, 15) is 14.4 Å². The van der Waals surface area contributed by atoms with Crippen LogP contribution in [-0.2, 0) is 9.53 Å². The van der Waals surface area contributed by atoms with Crippen LogP contribution in [0.2, 0.25) is 5.02 Å². The van der Waals surface area contributed by atoms with Crippen molar-refractivity contribution in [3.63, 3.8) is 0 Å². The molecular weight excluding hydrogens is 400 g/mol. The number of benzene rings is 2. The van der Waals surface area contributed by atoms with E-state index < -0.39 is 24.4 Å². The molecule has 3 aromatic rings. The Morgan fingerprint density at radius 2 is 1.64 bits per heavy atom. The van der Waals surface area contributed by atoms with E-state index in [1.807, 2.05) is 18.2 Å². The third-order valence-electron chi connectivity index (χ3n) is 3.72. The van der Waals surface area contributed by atoms with Crippen LogP contribution in [0.4, 0.5) is 5.69 Å². The quantitative estimate of drug-likeness (QED) is 0.596. The third-order valence-corrected chi connectivity index (χ3v) is 5.09. The molecule has 1 aromatic heterocycles. The van der Waals surface area contributed by atoms with E-state index in [0.717, 1.165) is 10.4 Å². The SMILES string of the molecule is NC(=O)c1ccc(NC(=O)COC(=O)c2ccc(-c3ccc(Cl)cc3)s2)cc1. The molecule has 0 unspecified atom stereocenters. The molecule has 0 saturated carbocycles. The highest BCUT2D eigenvalue weighted by molar-refractivity contribution is 7.17. The Labute approximate surface area is 169 Å². The van der Waals surface area contributed by atoms with Gasteiger partial charge in [0.1, 0.15) is 4.88 Å². The summed E-state index contributed by atoms with van der Waals surface area (Å²) in [5.41, 5.74) is 6.89. The summed E-state index contributed by atoms with van der Waals surface area (Å²) in [5.74, 6) is -1.63. The minimum atomic E-state index is -0.579. The maximum absolute atomic E-state index is 12.2. The van der Waals surface area contributed by atoms with Gasteiger partial charge in [0.15, 0.2) is 6.61 Å². The standard InChI is InChI=1S/C20H15ClN2O4S/c21-14-5-1-12(2-6-14)16-9-10-17(28-16)20(26)27-11-18(24)23-15-7-3-13(4-8-15)19(22)25/h1-10H,11H2,(H2,22,25)(H,23,24). The van der Waals surface area contributed by atoms with Gasteiger partial charge in [0.2, 0.25) is 5.91 Å². The number of hydrogen-bond acceptors (Lipinski definition) is 5. The summed E-state index contributed by atoms with van der Waals surface area (Å²) < 4.78 is 5.06. The van der Waals surface area contributed by atoms with E-state index >= 15 is 0 Å². The van der Waals surface area contributed by atoms with Gasteiger partial charge in [-0.25, -0.2) is 4.79 Å². The number of carbonyl (C=O) groups is 3. The monoisotopic (exact) mass is 414 g/mol. The first-order valence-electron chi connectivity index (χ1n) is 8.15. The number of nitrogens with one attached hydrogen (secondary N) is 1. The zero-order chi connectivity index (χ0) is 20.1. The number of anilines is 1. The Bertz CT molecular complexity index is 1010. The highest BCUT2D eigenvalue weighted by Crippen LogP contribution is 2.29. The van der Waals surface area contributed by atoms with Crippen molar-refractivity contribution < 1.29 is 19.1 Å². The molecule has 0 aliphatic rings. The number of rotatable bonds is 6. The van der Waals surface area contributed by atoms with Crippen molar-refractivity contribution in [3.8, 4) is 10.4 Å². The average molecular weight is 415 g/mol. The van der Waals surface area contributed by atoms with Gasteiger partial charge in [-0.1, -0.05) is 23.7 Å². The van der Waals surface area contributed by atoms with Crippen molar-refractivity contribution in [2.45, 2.75) is 0 Å². The van der Waals surface area contributed by atoms with Gasteiger partial charge in [0, 0.05) is 21.2 Å². The molecule has 1 heterocycles. The molecule has 2 aromatic carbocycles. The largest absolute Gasteiger partial charge is 0.451 e. The second-order valence-electron chi connectivity index (χ2n) is 5.74. The Kier molecular flexibility index (Phi) is 6.08. The molecule has 6 nitrogen and oxygen atoms in total. The Hall–Kier alpha value is -3.16. The van der Waals surface area contributed by atoms with Gasteiger partial charge >= 0.3 is 5.97 Å². The van der Waals surface area contributed by atoms with Gasteiger partial charge in [-0.05, 0) is 54.1 Å². The topological polar surface area (TPSA) is 98.5 Å². The van der Waals surface area contributed by atoms with Crippen molar-refractivity contribution >= 4 is 46.4 Å². The normalized spacial score (nSPS) is 10.3. The number of thiophene rings is 1. The zero-order valence-corrected chi connectivity index (χ0v) is 16.0. The zero-order valence-electron chi connectivity index (χ0n) is 14.5. The summed E-state index contributed by atoms with van der Waals surface area (Å²) >= 11 is 7.14. The molecule has 0 aliphatic heterocycles. The lowest BCUT2D eigenvalue weighted by atomic mass is 10.2. The first-order chi connectivity index (χ1) is 13.4. The number of amides is 2. The van der Waals surface area contributed by atoms with Crippen LogP contribution >= 0.6 is 22.9 Å². The fraction of sp³-hybridized carbons (Fsp3) is 0.0500. The molecule has 0 atom stereocenters. The molecule has 0 aliphatic carbocycles. The minimum Gasteiger partial charge on any atom is -0.451 e. The molecule has 28 heavy (non-hydrogen) atoms. The molecule has 0 radical (unpaired) electrons. The number of esters is 1. The number of hydrogen-bond donors (Lipinski definition) is 2. The van der Waals surface area contributed by atoms with E-state index in [1.54, 1.807) is 18.2 Å². The van der Waals surface area contributed by atoms with Crippen LogP contribution in [0.15, 0.2) is 60.7 Å². The predicted molar refractivity (Wildman–Crippen MR) is 109 cm³/mol. The minimum absolute atomic E-state index is 0.332. The van der Waals surface area contributed by atoms with Crippen molar-refractivity contribution in [1.82, 2.24) is 0 Å². The van der Waals surface area contributed by atoms with Crippen LogP contribution in [0.1, 0.15) is 20.0 Å². The number of carbonyl (C=O) groups excluding carboxylic acids is 3. The van der Waals surface area contributed by atoms with Crippen molar-refractivity contribution in [2.75, 3.05) is 11.9 Å². The highest BCUT2D eigenvalue weighted by Gasteiger charge is 2.14. The van der Waals surface area contributed by atoms with Crippen LogP contribution in [0, 0.1) is 0 Å². The van der Waals surface area contributed by atoms with Crippen molar-refractivity contribution in [2.24, 2.45) is 5.73 Å². The lowest BCUT2D eigenvalue weighted by Crippen LogP contribution is -2.20. The molecule has 0 saturated heterocycles. The maximum Gasteiger partial charge on any atom is 0.348 e. The number of nitrogens with two attached hydrogens (primary N) is 1. The molecular formula is C20H15ClN2O4S. The maximum atomic E-state index is 12.2. The number of ether oxygens (including phenoxy) is 1. The van der Waals surface area contributed by atoms with Crippen LogP contribution in [0.5, 0.6) is 0 Å². The molecule has 0 fully saturated rings. The summed E-state index contributed by atoms with van der Waals surface area (Å²) in [6.07, 6.45) is 0. The third kappa shape index (κ3) is 4.97. The molecule has 3 N–H and O–H groups in total. The lowest BCUT2D eigenvalue weighted by molar-refractivity contribution is -0.119. The first-order valence-corrected chi connectivity index (χ1v) is 9.34. The summed E-state index contributed by atoms with van der Waals surface area (Å²) in [7, 11) is 0. The fourth-order valence-electron chi connectivity index (χ4n) is 2.33. The average Bonchev–Trinajstić information content (AvgIpc) is 3.17. The van der Waals surface area contributed by atoms with Crippen LogP contribution in [0.25, 0.3) is 10.4 Å². The highest BCUT2D eigenvalue weighted by atomic mass is 35.5. The summed E-state index contributed by atoms with van der Waals surface area (Å²) in [5, 5.41) is 3.21. The second-order valence-corrected chi connectivity index (χ2v) is 7.26. The second kappa shape index (κ2) is 8.69. The van der Waals surface area contributed by atoms with Crippen LogP contribution in [0.3, 0.4) is 0 Å². The van der Waals surface area contributed by atoms with Crippen molar-refractivity contribution in [1.29, 1.82) is 0 Å². The summed E-state index contributed by atoms with van der Waals surface area (Å²) in [6.45, 7) is -0.426. The van der Waals surface area contributed by atoms with Gasteiger partial charge in [0.05, 0.1) is 0 Å². The fourth-order valence-corrected chi connectivity index (χ4v) is 3.37. The van der Waals surface area contributed by atoms with E-state index in [1.165, 1.54) is 35.6 Å². The Balaban J connectivity index is 1.54.